The van der Waals surface area contributed by atoms with Crippen LogP contribution in [0, 0.1) is 0 Å². The van der Waals surface area contributed by atoms with Crippen LogP contribution in [0.3, 0.4) is 0 Å². The van der Waals surface area contributed by atoms with Crippen molar-refractivity contribution in [2.24, 2.45) is 0 Å². The van der Waals surface area contributed by atoms with E-state index in [0.29, 0.717) is 6.54 Å². The molecule has 0 radical (unpaired) electrons. The van der Waals surface area contributed by atoms with E-state index in [-0.39, 0.29) is 12.1 Å². The summed E-state index contributed by atoms with van der Waals surface area (Å²) in [6, 6.07) is 0.227. The van der Waals surface area contributed by atoms with Crippen LogP contribution in [0.4, 0.5) is 0 Å². The van der Waals surface area contributed by atoms with Gasteiger partial charge in [-0.3, -0.25) is 0 Å². The molecule has 0 bridgehead atoms. The Labute approximate surface area is 79.2 Å². The molecule has 0 aromatic carbocycles. The van der Waals surface area contributed by atoms with E-state index in [2.05, 4.69) is 5.32 Å². The highest BCUT2D eigenvalue weighted by Gasteiger charge is 2.35. The number of aliphatic hydroxyl groups excluding tert-OH is 1. The van der Waals surface area contributed by atoms with Crippen LogP contribution < -0.4 is 5.32 Å². The SMILES string of the molecule is O[C@H]1CCC[C@@H]1NCC1(O)CCC1. The summed E-state index contributed by atoms with van der Waals surface area (Å²) in [4.78, 5) is 0. The van der Waals surface area contributed by atoms with Gasteiger partial charge in [-0.05, 0) is 38.5 Å². The molecule has 2 rings (SSSR count). The third-order valence-electron chi connectivity index (χ3n) is 3.46. The Morgan fingerprint density at radius 2 is 2.00 bits per heavy atom. The molecule has 2 fully saturated rings. The lowest BCUT2D eigenvalue weighted by atomic mass is 9.80. The maximum absolute atomic E-state index is 9.81. The minimum Gasteiger partial charge on any atom is -0.392 e. The summed E-state index contributed by atoms with van der Waals surface area (Å²) >= 11 is 0. The van der Waals surface area contributed by atoms with Crippen molar-refractivity contribution in [3.05, 3.63) is 0 Å². The molecule has 13 heavy (non-hydrogen) atoms. The van der Waals surface area contributed by atoms with Crippen molar-refractivity contribution < 1.29 is 10.2 Å². The Morgan fingerprint density at radius 3 is 2.46 bits per heavy atom. The van der Waals surface area contributed by atoms with E-state index in [0.717, 1.165) is 38.5 Å². The highest BCUT2D eigenvalue weighted by atomic mass is 16.3. The summed E-state index contributed by atoms with van der Waals surface area (Å²) in [5.41, 5.74) is -0.456. The summed E-state index contributed by atoms with van der Waals surface area (Å²) in [6.07, 6.45) is 5.87. The second-order valence-electron chi connectivity index (χ2n) is 4.56. The van der Waals surface area contributed by atoms with Gasteiger partial charge in [0.25, 0.3) is 0 Å². The summed E-state index contributed by atoms with van der Waals surface area (Å²) in [6.45, 7) is 0.661. The first-order chi connectivity index (χ1) is 6.20. The van der Waals surface area contributed by atoms with Crippen molar-refractivity contribution in [3.63, 3.8) is 0 Å². The summed E-state index contributed by atoms with van der Waals surface area (Å²) in [7, 11) is 0. The van der Waals surface area contributed by atoms with Gasteiger partial charge in [0.2, 0.25) is 0 Å². The first-order valence-electron chi connectivity index (χ1n) is 5.33. The first-order valence-corrected chi connectivity index (χ1v) is 5.33. The molecule has 0 saturated heterocycles. The summed E-state index contributed by atoms with van der Waals surface area (Å²) in [5, 5.41) is 22.6. The fraction of sp³-hybridized carbons (Fsp3) is 1.00. The van der Waals surface area contributed by atoms with Crippen molar-refractivity contribution in [2.45, 2.75) is 56.3 Å². The molecule has 2 saturated carbocycles. The lowest BCUT2D eigenvalue weighted by Crippen LogP contribution is -2.50. The Balaban J connectivity index is 1.72. The largest absolute Gasteiger partial charge is 0.392 e. The zero-order valence-electron chi connectivity index (χ0n) is 8.00. The predicted molar refractivity (Wildman–Crippen MR) is 50.4 cm³/mol. The Hall–Kier alpha value is -0.120. The van der Waals surface area contributed by atoms with Gasteiger partial charge in [0, 0.05) is 12.6 Å². The fourth-order valence-corrected chi connectivity index (χ4v) is 2.26. The molecule has 2 atom stereocenters. The molecule has 3 heteroatoms. The predicted octanol–water partition coefficient (Wildman–Crippen LogP) is 0.404. The second kappa shape index (κ2) is 3.56. The molecule has 3 nitrogen and oxygen atoms in total. The van der Waals surface area contributed by atoms with Crippen LogP contribution >= 0.6 is 0 Å². The molecule has 0 unspecified atom stereocenters. The van der Waals surface area contributed by atoms with Crippen LogP contribution in [0.15, 0.2) is 0 Å². The van der Waals surface area contributed by atoms with Gasteiger partial charge in [0.15, 0.2) is 0 Å². The average Bonchev–Trinajstić information content (AvgIpc) is 2.44. The molecule has 2 aliphatic carbocycles. The van der Waals surface area contributed by atoms with Crippen LogP contribution in [0.5, 0.6) is 0 Å². The monoisotopic (exact) mass is 185 g/mol. The molecule has 0 aliphatic heterocycles. The smallest absolute Gasteiger partial charge is 0.0771 e. The zero-order chi connectivity index (χ0) is 9.31. The topological polar surface area (TPSA) is 52.5 Å². The highest BCUT2D eigenvalue weighted by Crippen LogP contribution is 2.31. The van der Waals surface area contributed by atoms with Crippen molar-refractivity contribution in [1.29, 1.82) is 0 Å². The molecule has 2 aliphatic rings. The summed E-state index contributed by atoms with van der Waals surface area (Å²) in [5.74, 6) is 0. The van der Waals surface area contributed by atoms with Crippen molar-refractivity contribution in [3.8, 4) is 0 Å². The quantitative estimate of drug-likeness (QED) is 0.596. The minimum absolute atomic E-state index is 0.191. The van der Waals surface area contributed by atoms with E-state index in [4.69, 9.17) is 0 Å². The van der Waals surface area contributed by atoms with Crippen LogP contribution in [-0.4, -0.2) is 34.5 Å². The maximum Gasteiger partial charge on any atom is 0.0771 e. The molecule has 0 amide bonds. The van der Waals surface area contributed by atoms with Crippen LogP contribution in [0.1, 0.15) is 38.5 Å². The van der Waals surface area contributed by atoms with Crippen LogP contribution in [0.25, 0.3) is 0 Å². The van der Waals surface area contributed by atoms with E-state index >= 15 is 0 Å². The minimum atomic E-state index is -0.456. The number of aliphatic hydroxyl groups is 2. The number of rotatable bonds is 3. The molecular formula is C10H19NO2. The van der Waals surface area contributed by atoms with Crippen molar-refractivity contribution in [2.75, 3.05) is 6.54 Å². The molecule has 76 valence electrons. The van der Waals surface area contributed by atoms with Gasteiger partial charge < -0.3 is 15.5 Å². The Kier molecular flexibility index (Phi) is 2.58. The number of nitrogens with one attached hydrogen (secondary N) is 1. The third kappa shape index (κ3) is 2.03. The molecule has 3 N–H and O–H groups in total. The van der Waals surface area contributed by atoms with Crippen molar-refractivity contribution >= 4 is 0 Å². The van der Waals surface area contributed by atoms with Crippen molar-refractivity contribution in [1.82, 2.24) is 5.32 Å². The third-order valence-corrected chi connectivity index (χ3v) is 3.46. The van der Waals surface area contributed by atoms with E-state index < -0.39 is 5.60 Å². The van der Waals surface area contributed by atoms with Gasteiger partial charge in [-0.2, -0.15) is 0 Å². The Morgan fingerprint density at radius 1 is 1.23 bits per heavy atom. The molecular weight excluding hydrogens is 166 g/mol. The van der Waals surface area contributed by atoms with Gasteiger partial charge in [0.05, 0.1) is 11.7 Å². The Bertz CT molecular complexity index is 180. The van der Waals surface area contributed by atoms with Gasteiger partial charge >= 0.3 is 0 Å². The number of hydrogen-bond donors (Lipinski definition) is 3. The standard InChI is InChI=1S/C10H19NO2/c12-9-4-1-3-8(9)11-7-10(13)5-2-6-10/h8-9,11-13H,1-7H2/t8-,9-/m0/s1. The van der Waals surface area contributed by atoms with Crippen LogP contribution in [0.2, 0.25) is 0 Å². The average molecular weight is 185 g/mol. The first kappa shape index (κ1) is 9.44. The second-order valence-corrected chi connectivity index (χ2v) is 4.56. The normalized spacial score (nSPS) is 37.4. The molecule has 0 spiro atoms. The molecule has 0 heterocycles. The lowest BCUT2D eigenvalue weighted by molar-refractivity contribution is -0.0356. The van der Waals surface area contributed by atoms with Gasteiger partial charge in [-0.15, -0.1) is 0 Å². The fourth-order valence-electron chi connectivity index (χ4n) is 2.26. The van der Waals surface area contributed by atoms with Gasteiger partial charge in [-0.1, -0.05) is 0 Å². The van der Waals surface area contributed by atoms with E-state index in [1.165, 1.54) is 0 Å². The molecule has 0 aromatic heterocycles. The lowest BCUT2D eigenvalue weighted by Gasteiger charge is -2.37. The van der Waals surface area contributed by atoms with Gasteiger partial charge in [0.1, 0.15) is 0 Å². The highest BCUT2D eigenvalue weighted by molar-refractivity contribution is 4.92. The van der Waals surface area contributed by atoms with E-state index in [9.17, 15) is 10.2 Å². The van der Waals surface area contributed by atoms with E-state index in [1.807, 2.05) is 0 Å². The summed E-state index contributed by atoms with van der Waals surface area (Å²) < 4.78 is 0. The zero-order valence-corrected chi connectivity index (χ0v) is 8.00. The van der Waals surface area contributed by atoms with Crippen LogP contribution in [-0.2, 0) is 0 Å². The van der Waals surface area contributed by atoms with Gasteiger partial charge in [-0.25, -0.2) is 0 Å². The van der Waals surface area contributed by atoms with E-state index in [1.54, 1.807) is 0 Å². The number of hydrogen-bond acceptors (Lipinski definition) is 3. The maximum atomic E-state index is 9.81. The molecule has 0 aromatic rings.